The van der Waals surface area contributed by atoms with Crippen LogP contribution in [-0.4, -0.2) is 97.1 Å². The zero-order valence-electron chi connectivity index (χ0n) is 31.4. The first-order chi connectivity index (χ1) is 26.3. The van der Waals surface area contributed by atoms with Crippen LogP contribution in [0.5, 0.6) is 0 Å². The average Bonchev–Trinajstić information content (AvgIpc) is 3.23. The monoisotopic (exact) mass is 734 g/mol. The molecule has 8 nitrogen and oxygen atoms in total. The number of amides is 4. The second kappa shape index (κ2) is 17.1. The van der Waals surface area contributed by atoms with Crippen molar-refractivity contribution in [3.63, 3.8) is 0 Å². The predicted octanol–water partition coefficient (Wildman–Crippen LogP) is 7.15. The number of carbonyl (C=O) groups excluding carboxylic acids is 2. The van der Waals surface area contributed by atoms with Gasteiger partial charge in [-0.05, 0) is 110 Å². The van der Waals surface area contributed by atoms with Crippen molar-refractivity contribution in [2.45, 2.75) is 62.7 Å². The third kappa shape index (κ3) is 8.15. The van der Waals surface area contributed by atoms with Crippen LogP contribution in [-0.2, 0) is 12.8 Å². The minimum atomic E-state index is -0.258. The Bertz CT molecular complexity index is 1770. The maximum atomic E-state index is 13.5. The fourth-order valence-electron chi connectivity index (χ4n) is 8.65. The van der Waals surface area contributed by atoms with Gasteiger partial charge in [-0.1, -0.05) is 72.8 Å². The van der Waals surface area contributed by atoms with Gasteiger partial charge in [0.25, 0.3) is 0 Å². The molecule has 0 aromatic heterocycles. The highest BCUT2D eigenvalue weighted by Gasteiger charge is 2.37. The van der Waals surface area contributed by atoms with Crippen LogP contribution in [0.4, 0.5) is 18.4 Å². The quantitative estimate of drug-likeness (QED) is 0.234. The van der Waals surface area contributed by atoms with Crippen LogP contribution < -0.4 is 10.6 Å². The molecule has 0 bridgehead atoms. The second-order valence-electron chi connectivity index (χ2n) is 14.9. The van der Waals surface area contributed by atoms with Crippen LogP contribution in [0.15, 0.2) is 97.1 Å². The summed E-state index contributed by atoms with van der Waals surface area (Å²) in [7, 11) is 3.86. The first-order valence-corrected chi connectivity index (χ1v) is 19.5. The molecule has 284 valence electrons. The third-order valence-electron chi connectivity index (χ3n) is 11.7. The molecule has 4 amide bonds. The number of hydrogen-bond donors (Lipinski definition) is 2. The summed E-state index contributed by atoms with van der Waals surface area (Å²) >= 11 is 0. The van der Waals surface area contributed by atoms with Gasteiger partial charge in [0, 0.05) is 51.9 Å². The number of likely N-dealkylation sites (N-methyl/N-ethyl adjacent to an activating group) is 2. The molecule has 0 saturated carbocycles. The van der Waals surface area contributed by atoms with E-state index in [1.807, 2.05) is 58.0 Å². The SMILES string of the molecule is CN(C(=O)N1CCc2ccccc2[C@@H]1c1ccc(F)cc1)[C@@H]1CCCNC1.CNC1CCCN(C(=O)N2CCc3ccccc3C2c2ccc(F)cc2)C1. The third-order valence-corrected chi connectivity index (χ3v) is 11.7. The topological polar surface area (TPSA) is 71.2 Å². The Balaban J connectivity index is 0.000000167. The molecular formula is C44H52F2N6O2. The molecule has 4 aliphatic heterocycles. The van der Waals surface area contributed by atoms with Gasteiger partial charge in [0.1, 0.15) is 11.6 Å². The number of nitrogens with one attached hydrogen (secondary N) is 2. The summed E-state index contributed by atoms with van der Waals surface area (Å²) in [5.74, 6) is -0.514. The number of halogens is 2. The Morgan fingerprint density at radius 2 is 1.28 bits per heavy atom. The number of rotatable bonds is 4. The lowest BCUT2D eigenvalue weighted by Gasteiger charge is -2.42. The molecule has 2 saturated heterocycles. The van der Waals surface area contributed by atoms with Crippen LogP contribution in [0.25, 0.3) is 0 Å². The molecule has 54 heavy (non-hydrogen) atoms. The number of likely N-dealkylation sites (tertiary alicyclic amines) is 1. The van der Waals surface area contributed by atoms with Gasteiger partial charge in [-0.25, -0.2) is 18.4 Å². The summed E-state index contributed by atoms with van der Waals surface area (Å²) in [5, 5.41) is 6.69. The summed E-state index contributed by atoms with van der Waals surface area (Å²) in [5.41, 5.74) is 6.72. The van der Waals surface area contributed by atoms with E-state index < -0.39 is 0 Å². The van der Waals surface area contributed by atoms with Crippen molar-refractivity contribution in [1.29, 1.82) is 0 Å². The van der Waals surface area contributed by atoms with Crippen LogP contribution in [0, 0.1) is 11.6 Å². The first kappa shape index (κ1) is 37.5. The lowest BCUT2D eigenvalue weighted by molar-refractivity contribution is 0.122. The molecule has 2 fully saturated rings. The smallest absolute Gasteiger partial charge is 0.320 e. The molecule has 4 atom stereocenters. The Morgan fingerprint density at radius 1 is 0.722 bits per heavy atom. The second-order valence-corrected chi connectivity index (χ2v) is 14.9. The molecule has 8 rings (SSSR count). The summed E-state index contributed by atoms with van der Waals surface area (Å²) in [4.78, 5) is 34.6. The molecule has 2 N–H and O–H groups in total. The van der Waals surface area contributed by atoms with Crippen LogP contribution in [0.3, 0.4) is 0 Å². The van der Waals surface area contributed by atoms with Gasteiger partial charge in [0.05, 0.1) is 12.1 Å². The van der Waals surface area contributed by atoms with Crippen LogP contribution >= 0.6 is 0 Å². The molecule has 4 heterocycles. The van der Waals surface area contributed by atoms with E-state index in [0.717, 1.165) is 87.0 Å². The Kier molecular flexibility index (Phi) is 11.9. The summed E-state index contributed by atoms with van der Waals surface area (Å²) in [6.07, 6.45) is 5.93. The minimum absolute atomic E-state index is 0.0486. The van der Waals surface area contributed by atoms with E-state index in [0.29, 0.717) is 19.1 Å². The van der Waals surface area contributed by atoms with Gasteiger partial charge in [0.2, 0.25) is 0 Å². The van der Waals surface area contributed by atoms with E-state index in [4.69, 9.17) is 0 Å². The Hall–Kier alpha value is -4.80. The highest BCUT2D eigenvalue weighted by Crippen LogP contribution is 2.37. The van der Waals surface area contributed by atoms with Crippen molar-refractivity contribution in [3.05, 3.63) is 142 Å². The summed E-state index contributed by atoms with van der Waals surface area (Å²) < 4.78 is 27.0. The largest absolute Gasteiger partial charge is 0.323 e. The van der Waals surface area contributed by atoms with Gasteiger partial charge in [-0.2, -0.15) is 0 Å². The van der Waals surface area contributed by atoms with Crippen molar-refractivity contribution in [2.24, 2.45) is 0 Å². The predicted molar refractivity (Wildman–Crippen MR) is 208 cm³/mol. The zero-order chi connectivity index (χ0) is 37.6. The number of piperidine rings is 2. The van der Waals surface area contributed by atoms with Crippen molar-refractivity contribution in [3.8, 4) is 0 Å². The van der Waals surface area contributed by atoms with Gasteiger partial charge in [-0.3, -0.25) is 0 Å². The molecule has 0 spiro atoms. The molecule has 4 aliphatic rings. The molecule has 0 aliphatic carbocycles. The van der Waals surface area contributed by atoms with Gasteiger partial charge in [0.15, 0.2) is 0 Å². The lowest BCUT2D eigenvalue weighted by atomic mass is 9.88. The number of urea groups is 2. The van der Waals surface area contributed by atoms with E-state index in [-0.39, 0.29) is 41.8 Å². The van der Waals surface area contributed by atoms with E-state index in [2.05, 4.69) is 34.9 Å². The highest BCUT2D eigenvalue weighted by atomic mass is 19.1. The van der Waals surface area contributed by atoms with Gasteiger partial charge in [-0.15, -0.1) is 0 Å². The Morgan fingerprint density at radius 3 is 1.83 bits per heavy atom. The Labute approximate surface area is 318 Å². The molecular weight excluding hydrogens is 683 g/mol. The molecule has 2 unspecified atom stereocenters. The number of carbonyl (C=O) groups is 2. The number of hydrogen-bond acceptors (Lipinski definition) is 4. The van der Waals surface area contributed by atoms with Crippen molar-refractivity contribution < 1.29 is 18.4 Å². The van der Waals surface area contributed by atoms with E-state index >= 15 is 0 Å². The minimum Gasteiger partial charge on any atom is -0.323 e. The zero-order valence-corrected chi connectivity index (χ0v) is 31.4. The molecule has 10 heteroatoms. The summed E-state index contributed by atoms with van der Waals surface area (Å²) in [6, 6.07) is 30.0. The van der Waals surface area contributed by atoms with Crippen molar-refractivity contribution in [2.75, 3.05) is 53.4 Å². The van der Waals surface area contributed by atoms with Crippen LogP contribution in [0.2, 0.25) is 0 Å². The maximum Gasteiger partial charge on any atom is 0.320 e. The van der Waals surface area contributed by atoms with Gasteiger partial charge < -0.3 is 30.2 Å². The average molecular weight is 735 g/mol. The lowest BCUT2D eigenvalue weighted by Crippen LogP contribution is -2.53. The van der Waals surface area contributed by atoms with Crippen LogP contribution in [0.1, 0.15) is 71.1 Å². The van der Waals surface area contributed by atoms with E-state index in [1.165, 1.54) is 35.4 Å². The number of nitrogens with zero attached hydrogens (tertiary/aromatic N) is 4. The number of benzene rings is 4. The normalized spacial score (nSPS) is 22.3. The van der Waals surface area contributed by atoms with Crippen molar-refractivity contribution >= 4 is 12.1 Å². The number of fused-ring (bicyclic) bond motifs is 2. The fourth-order valence-corrected chi connectivity index (χ4v) is 8.65. The highest BCUT2D eigenvalue weighted by molar-refractivity contribution is 5.77. The maximum absolute atomic E-state index is 13.5. The first-order valence-electron chi connectivity index (χ1n) is 19.5. The molecule has 0 radical (unpaired) electrons. The van der Waals surface area contributed by atoms with E-state index in [9.17, 15) is 18.4 Å². The van der Waals surface area contributed by atoms with Gasteiger partial charge >= 0.3 is 12.1 Å². The van der Waals surface area contributed by atoms with Crippen molar-refractivity contribution in [1.82, 2.24) is 30.2 Å². The van der Waals surface area contributed by atoms with E-state index in [1.54, 1.807) is 24.3 Å². The summed E-state index contributed by atoms with van der Waals surface area (Å²) in [6.45, 7) is 4.75. The molecule has 4 aromatic rings. The fraction of sp³-hybridized carbons (Fsp3) is 0.409. The standard InChI is InChI=1S/2C22H26FN3O/c1-25(19-6-4-13-24-15-19)22(27)26-14-12-16-5-2-3-7-20(16)21(26)17-8-10-18(23)11-9-17;1-24-19-6-4-13-25(15-19)22(27)26-14-12-16-5-2-3-7-20(16)21(26)17-8-10-18(23)11-9-17/h2*2-3,5,7-11,19,21,24H,4,6,12-15H2,1H3/t19-,21+;/m1./s1. The molecule has 4 aromatic carbocycles.